The van der Waals surface area contributed by atoms with Crippen LogP contribution in [0.3, 0.4) is 0 Å². The molecule has 0 amide bonds. The van der Waals surface area contributed by atoms with Crippen molar-refractivity contribution >= 4 is 11.6 Å². The van der Waals surface area contributed by atoms with Gasteiger partial charge in [0.25, 0.3) is 0 Å². The highest BCUT2D eigenvalue weighted by Crippen LogP contribution is 2.68. The second kappa shape index (κ2) is 7.16. The number of fused-ring (bicyclic) bond motifs is 3. The van der Waals surface area contributed by atoms with E-state index in [-0.39, 0.29) is 5.92 Å². The average molecular weight is 439 g/mol. The number of benzene rings is 3. The molecular weight excluding hydrogens is 416 g/mol. The number of aliphatic hydroxyl groups excluding tert-OH is 1. The maximum Gasteiger partial charge on any atom is 0.176 e. The third-order valence-electron chi connectivity index (χ3n) is 6.62. The normalized spacial score (nSPS) is 28.5. The van der Waals surface area contributed by atoms with Crippen molar-refractivity contribution in [3.8, 4) is 17.2 Å². The van der Waals surface area contributed by atoms with Gasteiger partial charge in [-0.2, -0.15) is 0 Å². The summed E-state index contributed by atoms with van der Waals surface area (Å²) in [5.74, 6) is 1.04. The fourth-order valence-corrected chi connectivity index (χ4v) is 5.41. The molecule has 31 heavy (non-hydrogen) atoms. The lowest BCUT2D eigenvalue weighted by atomic mass is 9.71. The maximum absolute atomic E-state index is 12.3. The first-order valence-corrected chi connectivity index (χ1v) is 10.5. The van der Waals surface area contributed by atoms with Crippen LogP contribution in [-0.4, -0.2) is 30.5 Å². The largest absolute Gasteiger partial charge is 0.496 e. The second-order valence-corrected chi connectivity index (χ2v) is 8.46. The Morgan fingerprint density at radius 3 is 2.35 bits per heavy atom. The zero-order valence-electron chi connectivity index (χ0n) is 17.2. The van der Waals surface area contributed by atoms with Crippen LogP contribution < -0.4 is 14.2 Å². The Morgan fingerprint density at radius 2 is 1.71 bits per heavy atom. The van der Waals surface area contributed by atoms with Gasteiger partial charge in [-0.15, -0.1) is 0 Å². The Labute approximate surface area is 185 Å². The smallest absolute Gasteiger partial charge is 0.176 e. The quantitative estimate of drug-likeness (QED) is 0.632. The molecule has 6 heteroatoms. The first kappa shape index (κ1) is 20.2. The lowest BCUT2D eigenvalue weighted by Crippen LogP contribution is -2.52. The summed E-state index contributed by atoms with van der Waals surface area (Å²) in [5.41, 5.74) is -0.904. The fraction of sp³-hybridized carbons (Fsp3) is 0.280. The zero-order chi connectivity index (χ0) is 21.8. The Bertz CT molecular complexity index is 1120. The number of hydrogen-bond acceptors (Lipinski definition) is 5. The lowest BCUT2D eigenvalue weighted by molar-refractivity contribution is -0.149. The molecule has 1 aliphatic heterocycles. The summed E-state index contributed by atoms with van der Waals surface area (Å²) in [6.07, 6.45) is -0.769. The molecule has 1 saturated carbocycles. The molecule has 1 aliphatic carbocycles. The lowest BCUT2D eigenvalue weighted by Gasteiger charge is -2.40. The Hall–Kier alpha value is -2.73. The first-order chi connectivity index (χ1) is 15.0. The van der Waals surface area contributed by atoms with E-state index in [4.69, 9.17) is 25.8 Å². The van der Waals surface area contributed by atoms with Gasteiger partial charge in [0.1, 0.15) is 17.2 Å². The number of rotatable bonds is 4. The van der Waals surface area contributed by atoms with Crippen LogP contribution >= 0.6 is 11.6 Å². The molecule has 1 heterocycles. The summed E-state index contributed by atoms with van der Waals surface area (Å²) in [4.78, 5) is 0. The molecule has 5 rings (SSSR count). The molecule has 2 aliphatic rings. The second-order valence-electron chi connectivity index (χ2n) is 8.03. The molecule has 3 aromatic carbocycles. The Balaban J connectivity index is 1.82. The van der Waals surface area contributed by atoms with Crippen molar-refractivity contribution in [1.29, 1.82) is 0 Å². The minimum atomic E-state index is -1.74. The van der Waals surface area contributed by atoms with Crippen molar-refractivity contribution in [3.05, 3.63) is 88.4 Å². The molecular formula is C25H23ClO5. The van der Waals surface area contributed by atoms with Gasteiger partial charge in [-0.1, -0.05) is 54.1 Å². The third kappa shape index (κ3) is 2.64. The van der Waals surface area contributed by atoms with Gasteiger partial charge in [0.05, 0.1) is 25.9 Å². The zero-order valence-corrected chi connectivity index (χ0v) is 18.0. The van der Waals surface area contributed by atoms with E-state index in [1.165, 1.54) is 7.11 Å². The monoisotopic (exact) mass is 438 g/mol. The van der Waals surface area contributed by atoms with Gasteiger partial charge in [-0.3, -0.25) is 0 Å². The molecule has 0 aromatic heterocycles. The first-order valence-electron chi connectivity index (χ1n) is 10.1. The highest BCUT2D eigenvalue weighted by Gasteiger charge is 2.73. The van der Waals surface area contributed by atoms with Crippen molar-refractivity contribution in [3.63, 3.8) is 0 Å². The summed E-state index contributed by atoms with van der Waals surface area (Å²) in [6.45, 7) is 0. The summed E-state index contributed by atoms with van der Waals surface area (Å²) >= 11 is 6.16. The number of halogens is 1. The predicted molar refractivity (Wildman–Crippen MR) is 117 cm³/mol. The molecule has 0 radical (unpaired) electrons. The van der Waals surface area contributed by atoms with E-state index in [0.717, 1.165) is 11.1 Å². The van der Waals surface area contributed by atoms with E-state index in [0.29, 0.717) is 34.3 Å². The van der Waals surface area contributed by atoms with Crippen molar-refractivity contribution in [2.45, 2.75) is 29.6 Å². The average Bonchev–Trinajstić information content (AvgIpc) is 3.19. The summed E-state index contributed by atoms with van der Waals surface area (Å²) in [6, 6.07) is 20.5. The number of aliphatic hydroxyl groups is 2. The molecule has 160 valence electrons. The standard InChI is InChI=1S/C25H23ClO5/c1-29-18-12-20(30-2)23-21(13-18)31-25(16-8-10-17(26)11-9-16)19(14-22(27)24(23,25)28)15-6-4-3-5-7-15/h3-13,19,22,27-28H,14H2,1-2H3/t19-,22+,24+,25-/m0/s1. The van der Waals surface area contributed by atoms with Crippen LogP contribution in [0.25, 0.3) is 0 Å². The van der Waals surface area contributed by atoms with Crippen LogP contribution in [0.4, 0.5) is 0 Å². The number of methoxy groups -OCH3 is 2. The molecule has 1 fully saturated rings. The summed E-state index contributed by atoms with van der Waals surface area (Å²) < 4.78 is 17.7. The van der Waals surface area contributed by atoms with Gasteiger partial charge in [-0.05, 0) is 29.7 Å². The van der Waals surface area contributed by atoms with E-state index in [1.54, 1.807) is 31.4 Å². The molecule has 5 nitrogen and oxygen atoms in total. The Kier molecular flexibility index (Phi) is 4.66. The third-order valence-corrected chi connectivity index (χ3v) is 6.87. The Morgan fingerprint density at radius 1 is 1.00 bits per heavy atom. The predicted octanol–water partition coefficient (Wildman–Crippen LogP) is 4.38. The van der Waals surface area contributed by atoms with Crippen LogP contribution in [-0.2, 0) is 11.2 Å². The molecule has 2 N–H and O–H groups in total. The van der Waals surface area contributed by atoms with Gasteiger partial charge in [0.15, 0.2) is 11.2 Å². The highest BCUT2D eigenvalue weighted by molar-refractivity contribution is 6.30. The van der Waals surface area contributed by atoms with Crippen LogP contribution in [0.1, 0.15) is 29.0 Å². The molecule has 0 bridgehead atoms. The van der Waals surface area contributed by atoms with Gasteiger partial charge in [0.2, 0.25) is 0 Å². The van der Waals surface area contributed by atoms with Crippen molar-refractivity contribution in [2.75, 3.05) is 14.2 Å². The van der Waals surface area contributed by atoms with Crippen LogP contribution in [0.2, 0.25) is 5.02 Å². The van der Waals surface area contributed by atoms with Crippen molar-refractivity contribution in [1.82, 2.24) is 0 Å². The van der Waals surface area contributed by atoms with Gasteiger partial charge < -0.3 is 24.4 Å². The molecule has 0 saturated heterocycles. The highest BCUT2D eigenvalue weighted by atomic mass is 35.5. The van der Waals surface area contributed by atoms with Gasteiger partial charge in [-0.25, -0.2) is 0 Å². The van der Waals surface area contributed by atoms with Gasteiger partial charge in [0, 0.05) is 23.1 Å². The van der Waals surface area contributed by atoms with E-state index in [2.05, 4.69) is 0 Å². The topological polar surface area (TPSA) is 68.2 Å². The van der Waals surface area contributed by atoms with E-state index >= 15 is 0 Å². The number of hydrogen-bond donors (Lipinski definition) is 2. The molecule has 0 spiro atoms. The summed E-state index contributed by atoms with van der Waals surface area (Å²) in [7, 11) is 3.08. The SMILES string of the molecule is COc1cc(OC)c2c(c1)O[C@@]1(c3ccc(Cl)cc3)[C@H](c3ccccc3)C[C@@H](O)[C@@]21O. The van der Waals surface area contributed by atoms with Crippen molar-refractivity contribution < 1.29 is 24.4 Å². The minimum absolute atomic E-state index is 0.317. The summed E-state index contributed by atoms with van der Waals surface area (Å²) in [5, 5.41) is 24.2. The van der Waals surface area contributed by atoms with E-state index < -0.39 is 17.3 Å². The molecule has 3 aromatic rings. The van der Waals surface area contributed by atoms with Gasteiger partial charge >= 0.3 is 0 Å². The molecule has 0 unspecified atom stereocenters. The fourth-order valence-electron chi connectivity index (χ4n) is 5.28. The van der Waals surface area contributed by atoms with E-state index in [9.17, 15) is 10.2 Å². The minimum Gasteiger partial charge on any atom is -0.496 e. The van der Waals surface area contributed by atoms with Crippen LogP contribution in [0.15, 0.2) is 66.7 Å². The van der Waals surface area contributed by atoms with E-state index in [1.807, 2.05) is 42.5 Å². The number of ether oxygens (including phenoxy) is 3. The van der Waals surface area contributed by atoms with Crippen LogP contribution in [0.5, 0.6) is 17.2 Å². The van der Waals surface area contributed by atoms with Crippen LogP contribution in [0, 0.1) is 0 Å². The maximum atomic E-state index is 12.3. The molecule has 4 atom stereocenters. The van der Waals surface area contributed by atoms with Crippen molar-refractivity contribution in [2.24, 2.45) is 0 Å².